The topological polar surface area (TPSA) is 47.3 Å². The molecule has 4 heteroatoms. The molecule has 2 atom stereocenters. The Morgan fingerprint density at radius 2 is 2.25 bits per heavy atom. The van der Waals surface area contributed by atoms with Gasteiger partial charge in [-0.05, 0) is 38.0 Å². The molecule has 16 heavy (non-hydrogen) atoms. The maximum atomic E-state index is 13.1. The van der Waals surface area contributed by atoms with Gasteiger partial charge < -0.3 is 15.8 Å². The minimum atomic E-state index is -0.303. The Hall–Kier alpha value is -1.29. The minimum Gasteiger partial charge on any atom is -0.399 e. The zero-order chi connectivity index (χ0) is 11.5. The Labute approximate surface area is 94.8 Å². The average Bonchev–Trinajstić information content (AvgIpc) is 2.15. The van der Waals surface area contributed by atoms with E-state index in [1.807, 2.05) is 6.92 Å². The first kappa shape index (κ1) is 11.2. The number of ether oxygens (including phenoxy) is 1. The van der Waals surface area contributed by atoms with Crippen molar-refractivity contribution < 1.29 is 9.13 Å². The Morgan fingerprint density at radius 3 is 2.94 bits per heavy atom. The molecule has 0 aromatic heterocycles. The van der Waals surface area contributed by atoms with Crippen molar-refractivity contribution in [1.29, 1.82) is 0 Å². The quantitative estimate of drug-likeness (QED) is 0.758. The summed E-state index contributed by atoms with van der Waals surface area (Å²) in [7, 11) is 0. The lowest BCUT2D eigenvalue weighted by atomic mass is 10.0. The third-order valence-corrected chi connectivity index (χ3v) is 2.78. The van der Waals surface area contributed by atoms with E-state index in [0.717, 1.165) is 25.1 Å². The number of hydrogen-bond acceptors (Lipinski definition) is 3. The van der Waals surface area contributed by atoms with Crippen molar-refractivity contribution in [3.63, 3.8) is 0 Å². The third kappa shape index (κ3) is 2.85. The number of anilines is 2. The van der Waals surface area contributed by atoms with Crippen LogP contribution in [0.4, 0.5) is 15.8 Å². The van der Waals surface area contributed by atoms with E-state index in [1.54, 1.807) is 6.07 Å². The van der Waals surface area contributed by atoms with Crippen LogP contribution in [0.5, 0.6) is 0 Å². The zero-order valence-corrected chi connectivity index (χ0v) is 9.37. The Morgan fingerprint density at radius 1 is 1.44 bits per heavy atom. The van der Waals surface area contributed by atoms with Crippen LogP contribution < -0.4 is 11.1 Å². The first-order valence-electron chi connectivity index (χ1n) is 5.57. The molecular formula is C12H17FN2O. The number of benzene rings is 1. The highest BCUT2D eigenvalue weighted by Crippen LogP contribution is 2.21. The van der Waals surface area contributed by atoms with Crippen LogP contribution in [0.3, 0.4) is 0 Å². The number of rotatable bonds is 2. The lowest BCUT2D eigenvalue weighted by molar-refractivity contribution is 0.0232. The van der Waals surface area contributed by atoms with Crippen molar-refractivity contribution in [1.82, 2.24) is 0 Å². The van der Waals surface area contributed by atoms with Gasteiger partial charge in [-0.3, -0.25) is 0 Å². The zero-order valence-electron chi connectivity index (χ0n) is 9.37. The molecule has 2 unspecified atom stereocenters. The molecule has 0 bridgehead atoms. The number of halogens is 1. The predicted octanol–water partition coefficient (Wildman–Crippen LogP) is 2.39. The Balaban J connectivity index is 2.02. The van der Waals surface area contributed by atoms with E-state index < -0.39 is 0 Å². The normalized spacial score (nSPS) is 25.4. The molecule has 1 fully saturated rings. The van der Waals surface area contributed by atoms with Crippen molar-refractivity contribution in [2.45, 2.75) is 31.9 Å². The van der Waals surface area contributed by atoms with Crippen LogP contribution in [0.15, 0.2) is 18.2 Å². The fourth-order valence-corrected chi connectivity index (χ4v) is 2.06. The van der Waals surface area contributed by atoms with Crippen molar-refractivity contribution in [3.05, 3.63) is 24.0 Å². The fraction of sp³-hybridized carbons (Fsp3) is 0.500. The van der Waals surface area contributed by atoms with Gasteiger partial charge in [-0.15, -0.1) is 0 Å². The van der Waals surface area contributed by atoms with E-state index in [9.17, 15) is 4.39 Å². The Bertz CT molecular complexity index is 350. The molecule has 3 N–H and O–H groups in total. The molecule has 0 saturated carbocycles. The SMILES string of the molecule is CC1CC(Nc2cc(N)cc(F)c2)CCO1. The molecule has 0 amide bonds. The second kappa shape index (κ2) is 4.70. The molecule has 2 rings (SSSR count). The summed E-state index contributed by atoms with van der Waals surface area (Å²) >= 11 is 0. The molecule has 0 spiro atoms. The van der Waals surface area contributed by atoms with Gasteiger partial charge in [0, 0.05) is 24.0 Å². The summed E-state index contributed by atoms with van der Waals surface area (Å²) in [6.07, 6.45) is 2.15. The number of nitrogens with one attached hydrogen (secondary N) is 1. The molecule has 3 nitrogen and oxygen atoms in total. The summed E-state index contributed by atoms with van der Waals surface area (Å²) in [5, 5.41) is 3.29. The Kier molecular flexibility index (Phi) is 3.29. The lowest BCUT2D eigenvalue weighted by Gasteiger charge is -2.28. The van der Waals surface area contributed by atoms with Crippen LogP contribution in [-0.2, 0) is 4.74 Å². The number of nitrogens with two attached hydrogens (primary N) is 1. The van der Waals surface area contributed by atoms with Gasteiger partial charge in [0.1, 0.15) is 5.82 Å². The number of nitrogen functional groups attached to an aromatic ring is 1. The van der Waals surface area contributed by atoms with Crippen LogP contribution in [0.25, 0.3) is 0 Å². The summed E-state index contributed by atoms with van der Waals surface area (Å²) in [6.45, 7) is 2.80. The van der Waals surface area contributed by atoms with E-state index in [0.29, 0.717) is 11.7 Å². The standard InChI is InChI=1S/C12H17FN2O/c1-8-4-11(2-3-16-8)15-12-6-9(13)5-10(14)7-12/h5-8,11,15H,2-4,14H2,1H3. The first-order valence-corrected chi connectivity index (χ1v) is 5.57. The van der Waals surface area contributed by atoms with E-state index in [2.05, 4.69) is 5.32 Å². The highest BCUT2D eigenvalue weighted by atomic mass is 19.1. The smallest absolute Gasteiger partial charge is 0.127 e. The summed E-state index contributed by atoms with van der Waals surface area (Å²) in [5.41, 5.74) is 6.78. The largest absolute Gasteiger partial charge is 0.399 e. The lowest BCUT2D eigenvalue weighted by Crippen LogP contribution is -2.32. The van der Waals surface area contributed by atoms with Gasteiger partial charge in [-0.2, -0.15) is 0 Å². The van der Waals surface area contributed by atoms with Crippen molar-refractivity contribution in [3.8, 4) is 0 Å². The number of hydrogen-bond donors (Lipinski definition) is 2. The monoisotopic (exact) mass is 224 g/mol. The van der Waals surface area contributed by atoms with Gasteiger partial charge in [0.2, 0.25) is 0 Å². The van der Waals surface area contributed by atoms with Crippen LogP contribution in [0.2, 0.25) is 0 Å². The molecule has 1 heterocycles. The van der Waals surface area contributed by atoms with E-state index in [4.69, 9.17) is 10.5 Å². The second-order valence-electron chi connectivity index (χ2n) is 4.32. The highest BCUT2D eigenvalue weighted by Gasteiger charge is 2.19. The summed E-state index contributed by atoms with van der Waals surface area (Å²) in [4.78, 5) is 0. The molecular weight excluding hydrogens is 207 g/mol. The minimum absolute atomic E-state index is 0.261. The van der Waals surface area contributed by atoms with Crippen LogP contribution in [0, 0.1) is 5.82 Å². The summed E-state index contributed by atoms with van der Waals surface area (Å²) in [5.74, 6) is -0.303. The van der Waals surface area contributed by atoms with Crippen molar-refractivity contribution >= 4 is 11.4 Å². The van der Waals surface area contributed by atoms with Crippen molar-refractivity contribution in [2.75, 3.05) is 17.7 Å². The molecule has 1 saturated heterocycles. The fourth-order valence-electron chi connectivity index (χ4n) is 2.06. The van der Waals surface area contributed by atoms with Crippen LogP contribution in [0.1, 0.15) is 19.8 Å². The molecule has 1 aromatic rings. The van der Waals surface area contributed by atoms with Gasteiger partial charge in [0.15, 0.2) is 0 Å². The molecule has 1 aliphatic rings. The van der Waals surface area contributed by atoms with Gasteiger partial charge in [0.05, 0.1) is 6.10 Å². The maximum Gasteiger partial charge on any atom is 0.127 e. The van der Waals surface area contributed by atoms with Gasteiger partial charge in [-0.1, -0.05) is 0 Å². The van der Waals surface area contributed by atoms with Gasteiger partial charge in [0.25, 0.3) is 0 Å². The third-order valence-electron chi connectivity index (χ3n) is 2.78. The molecule has 1 aliphatic heterocycles. The van der Waals surface area contributed by atoms with E-state index >= 15 is 0 Å². The predicted molar refractivity (Wildman–Crippen MR) is 62.9 cm³/mol. The average molecular weight is 224 g/mol. The maximum absolute atomic E-state index is 13.1. The molecule has 0 aliphatic carbocycles. The van der Waals surface area contributed by atoms with Crippen molar-refractivity contribution in [2.24, 2.45) is 0 Å². The van der Waals surface area contributed by atoms with Gasteiger partial charge in [-0.25, -0.2) is 4.39 Å². The summed E-state index contributed by atoms with van der Waals surface area (Å²) in [6, 6.07) is 4.88. The second-order valence-corrected chi connectivity index (χ2v) is 4.32. The molecule has 0 radical (unpaired) electrons. The highest BCUT2D eigenvalue weighted by molar-refractivity contribution is 5.55. The van der Waals surface area contributed by atoms with Gasteiger partial charge >= 0.3 is 0 Å². The summed E-state index contributed by atoms with van der Waals surface area (Å²) < 4.78 is 18.6. The molecule has 1 aromatic carbocycles. The van der Waals surface area contributed by atoms with E-state index in [1.165, 1.54) is 12.1 Å². The van der Waals surface area contributed by atoms with E-state index in [-0.39, 0.29) is 11.9 Å². The first-order chi connectivity index (χ1) is 7.63. The molecule has 88 valence electrons. The van der Waals surface area contributed by atoms with Crippen LogP contribution in [-0.4, -0.2) is 18.8 Å². The van der Waals surface area contributed by atoms with Crippen LogP contribution >= 0.6 is 0 Å².